The molecule has 170 valence electrons. The average molecular weight is 531 g/mol. The summed E-state index contributed by atoms with van der Waals surface area (Å²) in [5, 5.41) is 3.67. The van der Waals surface area contributed by atoms with Crippen LogP contribution in [-0.4, -0.2) is 21.9 Å². The molecule has 0 bridgehead atoms. The molecule has 0 fully saturated rings. The predicted molar refractivity (Wildman–Crippen MR) is 136 cm³/mol. The number of aromatic nitrogens is 1. The average Bonchev–Trinajstić information content (AvgIpc) is 3.26. The molecule has 0 spiro atoms. The third-order valence-electron chi connectivity index (χ3n) is 5.08. The minimum atomic E-state index is -2.25. The summed E-state index contributed by atoms with van der Waals surface area (Å²) in [5.74, 6) is 0. The van der Waals surface area contributed by atoms with Crippen molar-refractivity contribution in [2.75, 3.05) is 18.1 Å². The zero-order chi connectivity index (χ0) is 22.7. The van der Waals surface area contributed by atoms with E-state index in [9.17, 15) is 4.21 Å². The number of unbranched alkanes of at least 4 members (excludes halogenated alkanes) is 1. The number of hydrogen-bond acceptors (Lipinski definition) is 5. The van der Waals surface area contributed by atoms with Gasteiger partial charge in [0.25, 0.3) is 5.01 Å². The SMILES string of the molecule is CCCCN1C(=Cc2sc3ccc(Cl)cc3[n+]2CCCOS(=O)O)Sc2ccc(Cl)cc21. The van der Waals surface area contributed by atoms with E-state index in [-0.39, 0.29) is 6.61 Å². The molecule has 2 aromatic carbocycles. The predicted octanol–water partition coefficient (Wildman–Crippen LogP) is 6.75. The second-order valence-corrected chi connectivity index (χ2v) is 11.0. The number of fused-ring (bicyclic) bond motifs is 2. The van der Waals surface area contributed by atoms with Crippen molar-refractivity contribution in [3.05, 3.63) is 56.5 Å². The van der Waals surface area contributed by atoms with Crippen LogP contribution < -0.4 is 9.47 Å². The Kier molecular flexibility index (Phi) is 8.15. The minimum Gasteiger partial charge on any atom is -0.335 e. The molecule has 10 heteroatoms. The lowest BCUT2D eigenvalue weighted by Gasteiger charge is -2.19. The summed E-state index contributed by atoms with van der Waals surface area (Å²) >= 11 is 13.8. The Morgan fingerprint density at radius 1 is 1.19 bits per heavy atom. The highest BCUT2D eigenvalue weighted by molar-refractivity contribution is 8.03. The van der Waals surface area contributed by atoms with Crippen LogP contribution in [0.5, 0.6) is 0 Å². The summed E-state index contributed by atoms with van der Waals surface area (Å²) in [7, 11) is 0. The van der Waals surface area contributed by atoms with Crippen LogP contribution in [0.2, 0.25) is 10.0 Å². The van der Waals surface area contributed by atoms with Crippen LogP contribution in [-0.2, 0) is 22.1 Å². The standard InChI is InChI=1S/C22H22Cl2N2O3S3/c1-2-3-9-25-17-12-15(23)5-7-19(17)30-21(25)14-22-26(10-4-11-29-32(27)28)18-13-16(24)6-8-20(18)31-22/h5-8,12-14H,2-4,9-11H2,1H3/p+1. The highest BCUT2D eigenvalue weighted by Crippen LogP contribution is 2.48. The molecule has 1 N–H and O–H groups in total. The number of nitrogens with zero attached hydrogens (tertiary/aromatic N) is 2. The molecule has 0 aliphatic carbocycles. The molecule has 2 heterocycles. The first-order valence-electron chi connectivity index (χ1n) is 10.3. The summed E-state index contributed by atoms with van der Waals surface area (Å²) in [6.45, 7) is 3.96. The summed E-state index contributed by atoms with van der Waals surface area (Å²) in [5.41, 5.74) is 2.19. The molecule has 5 nitrogen and oxygen atoms in total. The lowest BCUT2D eigenvalue weighted by atomic mass is 10.2. The third-order valence-corrected chi connectivity index (χ3v) is 8.14. The molecule has 1 atom stereocenters. The van der Waals surface area contributed by atoms with Gasteiger partial charge in [0.1, 0.15) is 4.70 Å². The highest BCUT2D eigenvalue weighted by atomic mass is 35.5. The van der Waals surface area contributed by atoms with E-state index < -0.39 is 11.4 Å². The highest BCUT2D eigenvalue weighted by Gasteiger charge is 2.28. The van der Waals surface area contributed by atoms with Crippen LogP contribution in [0, 0.1) is 0 Å². The first-order chi connectivity index (χ1) is 15.5. The van der Waals surface area contributed by atoms with Gasteiger partial charge in [0.05, 0.1) is 23.4 Å². The Labute approximate surface area is 208 Å². The van der Waals surface area contributed by atoms with Crippen LogP contribution in [0.1, 0.15) is 31.2 Å². The van der Waals surface area contributed by atoms with Crippen molar-refractivity contribution in [2.24, 2.45) is 0 Å². The van der Waals surface area contributed by atoms with Crippen molar-refractivity contribution in [3.63, 3.8) is 0 Å². The summed E-state index contributed by atoms with van der Waals surface area (Å²) in [6.07, 6.45) is 5.02. The Morgan fingerprint density at radius 2 is 1.97 bits per heavy atom. The summed E-state index contributed by atoms with van der Waals surface area (Å²) in [6, 6.07) is 11.9. The molecular weight excluding hydrogens is 507 g/mol. The Balaban J connectivity index is 1.71. The molecule has 0 saturated heterocycles. The van der Waals surface area contributed by atoms with E-state index in [1.54, 1.807) is 23.1 Å². The van der Waals surface area contributed by atoms with E-state index in [0.29, 0.717) is 18.0 Å². The van der Waals surface area contributed by atoms with Gasteiger partial charge in [-0.25, -0.2) is 0 Å². The van der Waals surface area contributed by atoms with E-state index in [4.69, 9.17) is 31.9 Å². The lowest BCUT2D eigenvalue weighted by molar-refractivity contribution is -0.669. The van der Waals surface area contributed by atoms with Gasteiger partial charge in [0.2, 0.25) is 5.52 Å². The van der Waals surface area contributed by atoms with E-state index in [1.807, 2.05) is 30.3 Å². The minimum absolute atomic E-state index is 0.200. The fourth-order valence-electron chi connectivity index (χ4n) is 3.60. The van der Waals surface area contributed by atoms with Crippen LogP contribution in [0.15, 0.2) is 46.3 Å². The van der Waals surface area contributed by atoms with Gasteiger partial charge in [-0.15, -0.1) is 0 Å². The van der Waals surface area contributed by atoms with Crippen LogP contribution >= 0.6 is 46.3 Å². The maximum Gasteiger partial charge on any atom is 0.301 e. The molecular formula is C22H23Cl2N2O3S3+. The van der Waals surface area contributed by atoms with Crippen molar-refractivity contribution >= 4 is 79.6 Å². The number of thioether (sulfide) groups is 1. The van der Waals surface area contributed by atoms with Gasteiger partial charge in [-0.3, -0.25) is 8.74 Å². The quantitative estimate of drug-likeness (QED) is 0.188. The molecule has 32 heavy (non-hydrogen) atoms. The normalized spacial score (nSPS) is 15.6. The molecule has 1 unspecified atom stereocenters. The van der Waals surface area contributed by atoms with Gasteiger partial charge in [-0.05, 0) is 36.8 Å². The third kappa shape index (κ3) is 5.50. The molecule has 3 aromatic rings. The van der Waals surface area contributed by atoms with Crippen molar-refractivity contribution in [3.8, 4) is 0 Å². The van der Waals surface area contributed by atoms with Crippen LogP contribution in [0.4, 0.5) is 5.69 Å². The van der Waals surface area contributed by atoms with Crippen LogP contribution in [0.3, 0.4) is 0 Å². The Hall–Kier alpha value is -1.13. The van der Waals surface area contributed by atoms with Gasteiger partial charge < -0.3 is 4.90 Å². The van der Waals surface area contributed by atoms with E-state index >= 15 is 0 Å². The Morgan fingerprint density at radius 3 is 2.75 bits per heavy atom. The first kappa shape index (κ1) is 24.0. The summed E-state index contributed by atoms with van der Waals surface area (Å²) < 4.78 is 27.8. The van der Waals surface area contributed by atoms with Gasteiger partial charge >= 0.3 is 11.4 Å². The fourth-order valence-corrected chi connectivity index (χ4v) is 6.48. The smallest absolute Gasteiger partial charge is 0.301 e. The molecule has 4 rings (SSSR count). The number of hydrogen-bond donors (Lipinski definition) is 1. The zero-order valence-electron chi connectivity index (χ0n) is 17.4. The van der Waals surface area contributed by atoms with Gasteiger partial charge in [-0.1, -0.05) is 59.6 Å². The van der Waals surface area contributed by atoms with E-state index in [1.165, 1.54) is 4.90 Å². The molecule has 0 saturated carbocycles. The molecule has 0 amide bonds. The van der Waals surface area contributed by atoms with E-state index in [0.717, 1.165) is 50.3 Å². The van der Waals surface area contributed by atoms with Crippen molar-refractivity contribution in [2.45, 2.75) is 37.6 Å². The topological polar surface area (TPSA) is 53.7 Å². The first-order valence-corrected chi connectivity index (χ1v) is 13.7. The van der Waals surface area contributed by atoms with Crippen LogP contribution in [0.25, 0.3) is 16.3 Å². The Bertz CT molecular complexity index is 1180. The van der Waals surface area contributed by atoms with Crippen molar-refractivity contribution < 1.29 is 17.5 Å². The number of rotatable bonds is 9. The fraction of sp³-hybridized carbons (Fsp3) is 0.318. The number of aryl methyl sites for hydroxylation is 1. The molecule has 1 aromatic heterocycles. The summed E-state index contributed by atoms with van der Waals surface area (Å²) in [4.78, 5) is 3.54. The lowest BCUT2D eigenvalue weighted by Crippen LogP contribution is -2.36. The second kappa shape index (κ2) is 10.9. The van der Waals surface area contributed by atoms with Crippen molar-refractivity contribution in [1.82, 2.24) is 0 Å². The molecule has 1 aliphatic rings. The number of thiazole rings is 1. The zero-order valence-corrected chi connectivity index (χ0v) is 21.4. The number of benzene rings is 2. The monoisotopic (exact) mass is 529 g/mol. The largest absolute Gasteiger partial charge is 0.335 e. The van der Waals surface area contributed by atoms with Gasteiger partial charge in [-0.2, -0.15) is 8.78 Å². The van der Waals surface area contributed by atoms with Gasteiger partial charge in [0, 0.05) is 34.0 Å². The number of anilines is 1. The number of halogens is 2. The maximum absolute atomic E-state index is 10.8. The molecule has 1 aliphatic heterocycles. The van der Waals surface area contributed by atoms with Crippen molar-refractivity contribution in [1.29, 1.82) is 0 Å². The second-order valence-electron chi connectivity index (χ2n) is 7.30. The van der Waals surface area contributed by atoms with E-state index in [2.05, 4.69) is 28.5 Å². The van der Waals surface area contributed by atoms with Gasteiger partial charge in [0.15, 0.2) is 6.54 Å². The molecule has 0 radical (unpaired) electrons. The maximum atomic E-state index is 10.8.